The van der Waals surface area contributed by atoms with Crippen LogP contribution in [-0.4, -0.2) is 11.0 Å². The quantitative estimate of drug-likeness (QED) is 0.319. The van der Waals surface area contributed by atoms with Gasteiger partial charge in [0.2, 0.25) is 0 Å². The Balaban J connectivity index is 1.43. The van der Waals surface area contributed by atoms with Gasteiger partial charge in [0.1, 0.15) is 17.4 Å². The number of nitrogens with zero attached hydrogens (tertiary/aromatic N) is 1. The Bertz CT molecular complexity index is 1390. The van der Waals surface area contributed by atoms with Crippen molar-refractivity contribution in [2.45, 2.75) is 33.4 Å². The molecule has 1 atom stereocenters. The zero-order chi connectivity index (χ0) is 24.4. The highest BCUT2D eigenvalue weighted by molar-refractivity contribution is 7.11. The molecule has 176 valence electrons. The van der Waals surface area contributed by atoms with E-state index in [1.807, 2.05) is 56.3 Å². The number of hydrogen-bond donors (Lipinski definition) is 2. The largest absolute Gasteiger partial charge is 0.489 e. The van der Waals surface area contributed by atoms with Crippen molar-refractivity contribution in [1.29, 1.82) is 0 Å². The van der Waals surface area contributed by atoms with Gasteiger partial charge in [-0.25, -0.2) is 9.78 Å². The van der Waals surface area contributed by atoms with Crippen LogP contribution in [0.5, 0.6) is 5.75 Å². The zero-order valence-corrected chi connectivity index (χ0v) is 20.8. The topological polar surface area (TPSA) is 63.2 Å². The molecule has 0 bridgehead atoms. The first-order chi connectivity index (χ1) is 17.0. The molecular formula is C29H27N3O2S. The number of carbonyl (C=O) groups is 1. The monoisotopic (exact) mass is 481 g/mol. The molecule has 2 heterocycles. The lowest BCUT2D eigenvalue weighted by Gasteiger charge is -2.28. The van der Waals surface area contributed by atoms with Gasteiger partial charge in [-0.05, 0) is 49.6 Å². The molecule has 1 unspecified atom stereocenters. The number of allylic oxidation sites excluding steroid dienone is 1. The van der Waals surface area contributed by atoms with Gasteiger partial charge in [-0.2, -0.15) is 0 Å². The lowest BCUT2D eigenvalue weighted by atomic mass is 9.94. The second kappa shape index (κ2) is 9.76. The molecule has 1 aromatic heterocycles. The van der Waals surface area contributed by atoms with Crippen molar-refractivity contribution in [3.8, 4) is 17.0 Å². The summed E-state index contributed by atoms with van der Waals surface area (Å²) >= 11 is 1.59. The summed E-state index contributed by atoms with van der Waals surface area (Å²) in [5.74, 6) is 0.830. The number of aryl methyl sites for hydroxylation is 2. The maximum atomic E-state index is 12.4. The molecule has 35 heavy (non-hydrogen) atoms. The first-order valence-electron chi connectivity index (χ1n) is 11.6. The standard InChI is InChI=1S/C29H27N3O2S/c1-18-9-11-22(12-10-18)24-17-35-28(31-24)26-20(3)30-29(33)32-27(26)23-13-14-25(19(2)15-23)34-16-21-7-5-4-6-8-21/h4-15,17,27H,16H2,1-3H3,(H2,30,32,33). The first-order valence-corrected chi connectivity index (χ1v) is 12.4. The highest BCUT2D eigenvalue weighted by Crippen LogP contribution is 2.38. The van der Waals surface area contributed by atoms with Crippen molar-refractivity contribution >= 4 is 22.9 Å². The van der Waals surface area contributed by atoms with Crippen LogP contribution in [0.25, 0.3) is 16.8 Å². The van der Waals surface area contributed by atoms with Crippen LogP contribution in [0, 0.1) is 13.8 Å². The molecule has 0 saturated carbocycles. The van der Waals surface area contributed by atoms with Crippen LogP contribution >= 0.6 is 11.3 Å². The van der Waals surface area contributed by atoms with Gasteiger partial charge in [0.05, 0.1) is 11.7 Å². The third kappa shape index (κ3) is 4.98. The average molecular weight is 482 g/mol. The molecule has 0 saturated heterocycles. The summed E-state index contributed by atoms with van der Waals surface area (Å²) < 4.78 is 6.06. The molecule has 1 aliphatic heterocycles. The van der Waals surface area contributed by atoms with E-state index in [-0.39, 0.29) is 12.1 Å². The molecule has 4 aromatic rings. The number of benzene rings is 3. The van der Waals surface area contributed by atoms with Crippen molar-refractivity contribution in [1.82, 2.24) is 15.6 Å². The minimum absolute atomic E-state index is 0.214. The van der Waals surface area contributed by atoms with Gasteiger partial charge in [0.15, 0.2) is 0 Å². The molecule has 5 rings (SSSR count). The molecule has 0 radical (unpaired) electrons. The van der Waals surface area contributed by atoms with E-state index in [0.29, 0.717) is 6.61 Å². The summed E-state index contributed by atoms with van der Waals surface area (Å²) in [4.78, 5) is 17.3. The number of thiazole rings is 1. The Labute approximate surface area is 209 Å². The normalized spacial score (nSPS) is 15.5. The third-order valence-corrected chi connectivity index (χ3v) is 7.00. The number of rotatable bonds is 6. The van der Waals surface area contributed by atoms with Gasteiger partial charge in [0, 0.05) is 22.2 Å². The van der Waals surface area contributed by atoms with Crippen LogP contribution in [0.1, 0.15) is 40.2 Å². The maximum absolute atomic E-state index is 12.4. The van der Waals surface area contributed by atoms with Crippen molar-refractivity contribution in [2.24, 2.45) is 0 Å². The molecule has 6 heteroatoms. The van der Waals surface area contributed by atoms with Gasteiger partial charge in [-0.1, -0.05) is 66.2 Å². The fourth-order valence-corrected chi connectivity index (χ4v) is 5.19. The van der Waals surface area contributed by atoms with Gasteiger partial charge < -0.3 is 15.4 Å². The molecule has 2 N–H and O–H groups in total. The molecule has 0 aliphatic carbocycles. The van der Waals surface area contributed by atoms with Crippen LogP contribution < -0.4 is 15.4 Å². The Hall–Kier alpha value is -3.90. The zero-order valence-electron chi connectivity index (χ0n) is 20.0. The second-order valence-electron chi connectivity index (χ2n) is 8.77. The summed E-state index contributed by atoms with van der Waals surface area (Å²) in [5.41, 5.74) is 8.15. The number of aromatic nitrogens is 1. The van der Waals surface area contributed by atoms with Crippen LogP contribution in [0.15, 0.2) is 83.9 Å². The van der Waals surface area contributed by atoms with Crippen LogP contribution in [-0.2, 0) is 6.61 Å². The average Bonchev–Trinajstić information content (AvgIpc) is 3.33. The molecular weight excluding hydrogens is 454 g/mol. The molecule has 2 amide bonds. The second-order valence-corrected chi connectivity index (χ2v) is 9.63. The number of nitrogens with one attached hydrogen (secondary N) is 2. The van der Waals surface area contributed by atoms with E-state index < -0.39 is 0 Å². The maximum Gasteiger partial charge on any atom is 0.319 e. The van der Waals surface area contributed by atoms with Gasteiger partial charge in [-0.15, -0.1) is 11.3 Å². The summed E-state index contributed by atoms with van der Waals surface area (Å²) in [6, 6.07) is 24.0. The summed E-state index contributed by atoms with van der Waals surface area (Å²) in [6.07, 6.45) is 0. The number of carbonyl (C=O) groups excluding carboxylic acids is 1. The van der Waals surface area contributed by atoms with E-state index in [9.17, 15) is 4.79 Å². The molecule has 1 aliphatic rings. The highest BCUT2D eigenvalue weighted by atomic mass is 32.1. The van der Waals surface area contributed by atoms with E-state index in [1.54, 1.807) is 11.3 Å². The van der Waals surface area contributed by atoms with Crippen molar-refractivity contribution in [2.75, 3.05) is 0 Å². The van der Waals surface area contributed by atoms with E-state index >= 15 is 0 Å². The predicted octanol–water partition coefficient (Wildman–Crippen LogP) is 6.79. The highest BCUT2D eigenvalue weighted by Gasteiger charge is 2.30. The van der Waals surface area contributed by atoms with Crippen LogP contribution in [0.4, 0.5) is 4.79 Å². The van der Waals surface area contributed by atoms with Crippen molar-refractivity contribution in [3.05, 3.63) is 111 Å². The number of urea groups is 1. The Kier molecular flexibility index (Phi) is 6.38. The van der Waals surface area contributed by atoms with Crippen LogP contribution in [0.3, 0.4) is 0 Å². The molecule has 0 fully saturated rings. The minimum Gasteiger partial charge on any atom is -0.489 e. The fraction of sp³-hybridized carbons (Fsp3) is 0.172. The van der Waals surface area contributed by atoms with Gasteiger partial charge in [-0.3, -0.25) is 0 Å². The lowest BCUT2D eigenvalue weighted by Crippen LogP contribution is -2.42. The number of amides is 2. The Morgan fingerprint density at radius 3 is 2.49 bits per heavy atom. The molecule has 5 nitrogen and oxygen atoms in total. The lowest BCUT2D eigenvalue weighted by molar-refractivity contribution is 0.240. The van der Waals surface area contributed by atoms with Crippen LogP contribution in [0.2, 0.25) is 0 Å². The fourth-order valence-electron chi connectivity index (χ4n) is 4.23. The SMILES string of the molecule is CC1=C(c2nc(-c3ccc(C)cc3)cs2)C(c2ccc(OCc3ccccc3)c(C)c2)NC(=O)N1. The predicted molar refractivity (Wildman–Crippen MR) is 141 cm³/mol. The summed E-state index contributed by atoms with van der Waals surface area (Å²) in [5, 5.41) is 8.97. The molecule has 3 aromatic carbocycles. The smallest absolute Gasteiger partial charge is 0.319 e. The van der Waals surface area contributed by atoms with E-state index in [4.69, 9.17) is 9.72 Å². The summed E-state index contributed by atoms with van der Waals surface area (Å²) in [6.45, 7) is 6.54. The Morgan fingerprint density at radius 2 is 1.74 bits per heavy atom. The molecule has 0 spiro atoms. The van der Waals surface area contributed by atoms with E-state index in [0.717, 1.165) is 50.0 Å². The van der Waals surface area contributed by atoms with Crippen molar-refractivity contribution < 1.29 is 9.53 Å². The minimum atomic E-state index is -0.303. The summed E-state index contributed by atoms with van der Waals surface area (Å²) in [7, 11) is 0. The third-order valence-electron chi connectivity index (χ3n) is 6.12. The first kappa shape index (κ1) is 22.9. The van der Waals surface area contributed by atoms with Crippen molar-refractivity contribution in [3.63, 3.8) is 0 Å². The van der Waals surface area contributed by atoms with Gasteiger partial charge >= 0.3 is 6.03 Å². The van der Waals surface area contributed by atoms with E-state index in [2.05, 4.69) is 53.3 Å². The number of hydrogen-bond acceptors (Lipinski definition) is 4. The Morgan fingerprint density at radius 1 is 0.971 bits per heavy atom. The number of ether oxygens (including phenoxy) is 1. The van der Waals surface area contributed by atoms with Gasteiger partial charge in [0.25, 0.3) is 0 Å². The van der Waals surface area contributed by atoms with E-state index in [1.165, 1.54) is 5.56 Å².